The molecule has 0 aliphatic carbocycles. The van der Waals surface area contributed by atoms with Crippen LogP contribution in [0.15, 0.2) is 18.3 Å². The van der Waals surface area contributed by atoms with Crippen LogP contribution in [0.5, 0.6) is 0 Å². The molecule has 2 aliphatic heterocycles. The van der Waals surface area contributed by atoms with Gasteiger partial charge < -0.3 is 20.8 Å². The van der Waals surface area contributed by atoms with Crippen LogP contribution in [0, 0.1) is 0 Å². The van der Waals surface area contributed by atoms with Gasteiger partial charge in [-0.3, -0.25) is 0 Å². The van der Waals surface area contributed by atoms with E-state index in [1.165, 1.54) is 6.20 Å². The van der Waals surface area contributed by atoms with Crippen LogP contribution in [0.25, 0.3) is 22.3 Å². The van der Waals surface area contributed by atoms with E-state index < -0.39 is 11.7 Å². The first kappa shape index (κ1) is 20.2. The molecule has 2 atom stereocenters. The first-order valence-corrected chi connectivity index (χ1v) is 10.4. The Bertz CT molecular complexity index is 1100. The van der Waals surface area contributed by atoms with E-state index in [9.17, 15) is 13.2 Å². The summed E-state index contributed by atoms with van der Waals surface area (Å²) in [5, 5.41) is 3.72. The van der Waals surface area contributed by atoms with Crippen molar-refractivity contribution in [1.29, 1.82) is 0 Å². The van der Waals surface area contributed by atoms with Crippen LogP contribution in [0.1, 0.15) is 48.0 Å². The number of alkyl halides is 3. The largest absolute Gasteiger partial charge is 0.420 e. The molecule has 0 spiro atoms. The Hall–Kier alpha value is -2.72. The quantitative estimate of drug-likeness (QED) is 0.585. The lowest BCUT2D eigenvalue weighted by Gasteiger charge is -2.26. The molecule has 0 radical (unpaired) electrons. The minimum Gasteiger partial charge on any atom is -0.381 e. The van der Waals surface area contributed by atoms with E-state index in [1.807, 2.05) is 6.07 Å². The number of piperidine rings is 1. The first-order chi connectivity index (χ1) is 14.9. The van der Waals surface area contributed by atoms with E-state index in [1.54, 1.807) is 6.07 Å². The number of pyridine rings is 1. The van der Waals surface area contributed by atoms with Crippen molar-refractivity contribution in [3.63, 3.8) is 0 Å². The topological polar surface area (TPSA) is 102 Å². The number of hydrogen-bond donors (Lipinski definition) is 3. The molecule has 2 fully saturated rings. The molecule has 1 unspecified atom stereocenters. The maximum atomic E-state index is 14.3. The Kier molecular flexibility index (Phi) is 5.05. The summed E-state index contributed by atoms with van der Waals surface area (Å²) in [6, 6.07) is 3.64. The lowest BCUT2D eigenvalue weighted by molar-refractivity contribution is -0.138. The van der Waals surface area contributed by atoms with E-state index in [-0.39, 0.29) is 29.2 Å². The number of hydrogen-bond acceptors (Lipinski definition) is 6. The third-order valence-corrected chi connectivity index (χ3v) is 6.08. The fraction of sp³-hybridized carbons (Fsp3) is 0.476. The van der Waals surface area contributed by atoms with Gasteiger partial charge in [0.15, 0.2) is 0 Å². The number of H-pyrrole nitrogens is 1. The highest BCUT2D eigenvalue weighted by Gasteiger charge is 2.41. The number of fused-ring (bicyclic) bond motifs is 1. The van der Waals surface area contributed by atoms with Crippen LogP contribution >= 0.6 is 0 Å². The van der Waals surface area contributed by atoms with Crippen molar-refractivity contribution < 1.29 is 17.9 Å². The van der Waals surface area contributed by atoms with Gasteiger partial charge in [-0.25, -0.2) is 15.0 Å². The molecule has 0 bridgehead atoms. The molecule has 2 saturated heterocycles. The summed E-state index contributed by atoms with van der Waals surface area (Å²) < 4.78 is 48.2. The van der Waals surface area contributed by atoms with Gasteiger partial charge in [0.1, 0.15) is 11.2 Å². The zero-order chi connectivity index (χ0) is 21.6. The standard InChI is InChI=1S/C21H23F3N6O/c22-21(23,24)16-17(11-2-1-6-26-8-11)29-20(25)30-18(16)14-9-27-19-13(14)3-4-15(28-19)12-5-7-31-10-12/h3-4,9,11-12,26H,1-2,5-8,10H2,(H,27,28)(H2,25,29,30)/t11-,12?/m0/s1. The first-order valence-electron chi connectivity index (χ1n) is 10.4. The molecule has 164 valence electrons. The molecular formula is C21H23F3N6O. The molecule has 31 heavy (non-hydrogen) atoms. The summed E-state index contributed by atoms with van der Waals surface area (Å²) in [6.07, 6.45) is -0.813. The second-order valence-electron chi connectivity index (χ2n) is 8.13. The monoisotopic (exact) mass is 432 g/mol. The molecule has 0 amide bonds. The molecule has 5 rings (SSSR count). The van der Waals surface area contributed by atoms with Crippen molar-refractivity contribution in [1.82, 2.24) is 25.3 Å². The number of halogens is 3. The van der Waals surface area contributed by atoms with Crippen molar-refractivity contribution >= 4 is 17.0 Å². The second-order valence-corrected chi connectivity index (χ2v) is 8.13. The van der Waals surface area contributed by atoms with Crippen molar-refractivity contribution in [2.45, 2.75) is 37.3 Å². The van der Waals surface area contributed by atoms with Gasteiger partial charge in [-0.2, -0.15) is 13.2 Å². The van der Waals surface area contributed by atoms with Gasteiger partial charge >= 0.3 is 6.18 Å². The van der Waals surface area contributed by atoms with Gasteiger partial charge in [0.05, 0.1) is 18.0 Å². The molecule has 5 heterocycles. The second kappa shape index (κ2) is 7.76. The summed E-state index contributed by atoms with van der Waals surface area (Å²) in [5.74, 6) is -0.334. The molecule has 10 heteroatoms. The average molecular weight is 432 g/mol. The maximum absolute atomic E-state index is 14.3. The Balaban J connectivity index is 1.65. The van der Waals surface area contributed by atoms with E-state index in [4.69, 9.17) is 10.5 Å². The third-order valence-electron chi connectivity index (χ3n) is 6.08. The smallest absolute Gasteiger partial charge is 0.381 e. The van der Waals surface area contributed by atoms with Crippen molar-refractivity contribution in [3.8, 4) is 11.3 Å². The Morgan fingerprint density at radius 1 is 1.10 bits per heavy atom. The van der Waals surface area contributed by atoms with Crippen LogP contribution < -0.4 is 11.1 Å². The molecule has 7 nitrogen and oxygen atoms in total. The van der Waals surface area contributed by atoms with Gasteiger partial charge in [0.25, 0.3) is 0 Å². The number of nitrogens with two attached hydrogens (primary N) is 1. The van der Waals surface area contributed by atoms with Crippen LogP contribution in [0.4, 0.5) is 19.1 Å². The molecule has 4 N–H and O–H groups in total. The number of nitrogen functional groups attached to an aromatic ring is 1. The fourth-order valence-electron chi connectivity index (χ4n) is 4.56. The number of ether oxygens (including phenoxy) is 1. The highest BCUT2D eigenvalue weighted by atomic mass is 19.4. The third kappa shape index (κ3) is 3.74. The van der Waals surface area contributed by atoms with E-state index in [0.717, 1.165) is 25.1 Å². The lowest BCUT2D eigenvalue weighted by atomic mass is 9.90. The normalized spacial score (nSPS) is 22.3. The highest BCUT2D eigenvalue weighted by Crippen LogP contribution is 2.43. The number of aromatic nitrogens is 4. The molecule has 3 aromatic rings. The number of nitrogens with zero attached hydrogens (tertiary/aromatic N) is 3. The number of aromatic amines is 1. The number of rotatable bonds is 3. The fourth-order valence-corrected chi connectivity index (χ4v) is 4.56. The average Bonchev–Trinajstić information content (AvgIpc) is 3.42. The Morgan fingerprint density at radius 2 is 1.97 bits per heavy atom. The zero-order valence-corrected chi connectivity index (χ0v) is 16.8. The van der Waals surface area contributed by atoms with Crippen LogP contribution in [0.2, 0.25) is 0 Å². The predicted molar refractivity (Wildman–Crippen MR) is 110 cm³/mol. The van der Waals surface area contributed by atoms with Crippen LogP contribution in [-0.4, -0.2) is 46.2 Å². The summed E-state index contributed by atoms with van der Waals surface area (Å²) in [7, 11) is 0. The Morgan fingerprint density at radius 3 is 2.68 bits per heavy atom. The summed E-state index contributed by atoms with van der Waals surface area (Å²) in [4.78, 5) is 15.7. The summed E-state index contributed by atoms with van der Waals surface area (Å²) in [6.45, 7) is 2.51. The van der Waals surface area contributed by atoms with E-state index in [2.05, 4.69) is 25.3 Å². The molecule has 0 saturated carbocycles. The predicted octanol–water partition coefficient (Wildman–Crippen LogP) is 3.59. The highest BCUT2D eigenvalue weighted by molar-refractivity contribution is 5.93. The molecule has 0 aromatic carbocycles. The summed E-state index contributed by atoms with van der Waals surface area (Å²) >= 11 is 0. The number of nitrogens with one attached hydrogen (secondary N) is 2. The van der Waals surface area contributed by atoms with Gasteiger partial charge in [-0.05, 0) is 37.9 Å². The SMILES string of the molecule is Nc1nc(-c2c[nH]c3nc(C4CCOC4)ccc23)c(C(F)(F)F)c([C@H]2CCCNC2)n1. The van der Waals surface area contributed by atoms with Crippen molar-refractivity contribution in [2.75, 3.05) is 32.0 Å². The molecule has 3 aromatic heterocycles. The maximum Gasteiger partial charge on any atom is 0.420 e. The minimum absolute atomic E-state index is 0.0377. The molecule has 2 aliphatic rings. The Labute approximate surface area is 176 Å². The zero-order valence-electron chi connectivity index (χ0n) is 16.8. The number of anilines is 1. The van der Waals surface area contributed by atoms with Crippen LogP contribution in [-0.2, 0) is 10.9 Å². The van der Waals surface area contributed by atoms with Gasteiger partial charge in [-0.15, -0.1) is 0 Å². The van der Waals surface area contributed by atoms with Gasteiger partial charge in [0, 0.05) is 47.8 Å². The molecular weight excluding hydrogens is 409 g/mol. The van der Waals surface area contributed by atoms with Crippen LogP contribution in [0.3, 0.4) is 0 Å². The van der Waals surface area contributed by atoms with Gasteiger partial charge in [-0.1, -0.05) is 0 Å². The van der Waals surface area contributed by atoms with E-state index in [0.29, 0.717) is 42.8 Å². The van der Waals surface area contributed by atoms with E-state index >= 15 is 0 Å². The van der Waals surface area contributed by atoms with Crippen molar-refractivity contribution in [2.24, 2.45) is 0 Å². The summed E-state index contributed by atoms with van der Waals surface area (Å²) in [5.41, 5.74) is 6.54. The minimum atomic E-state index is -4.62. The van der Waals surface area contributed by atoms with Gasteiger partial charge in [0.2, 0.25) is 5.95 Å². The lowest BCUT2D eigenvalue weighted by Crippen LogP contribution is -2.31. The van der Waals surface area contributed by atoms with Crippen molar-refractivity contribution in [3.05, 3.63) is 35.3 Å².